The Morgan fingerprint density at radius 1 is 1.39 bits per heavy atom. The molecule has 0 saturated carbocycles. The lowest BCUT2D eigenvalue weighted by molar-refractivity contribution is 0.619. The highest BCUT2D eigenvalue weighted by atomic mass is 32.1. The third kappa shape index (κ3) is 2.60. The third-order valence-electron chi connectivity index (χ3n) is 2.86. The van der Waals surface area contributed by atoms with E-state index in [1.54, 1.807) is 24.3 Å². The average Bonchev–Trinajstić information content (AvgIpc) is 2.76. The van der Waals surface area contributed by atoms with Crippen molar-refractivity contribution in [1.29, 1.82) is 0 Å². The molecule has 2 aromatic rings. The van der Waals surface area contributed by atoms with E-state index in [0.29, 0.717) is 12.1 Å². The smallest absolute Gasteiger partial charge is 0.126 e. The van der Waals surface area contributed by atoms with Crippen molar-refractivity contribution in [3.05, 3.63) is 40.2 Å². The first-order valence-corrected chi connectivity index (χ1v) is 6.92. The zero-order chi connectivity index (χ0) is 13.1. The zero-order valence-electron chi connectivity index (χ0n) is 10.7. The minimum Gasteiger partial charge on any atom is -0.326 e. The monoisotopic (exact) mass is 264 g/mol. The summed E-state index contributed by atoms with van der Waals surface area (Å²) in [7, 11) is 0. The Morgan fingerprint density at radius 2 is 2.17 bits per heavy atom. The van der Waals surface area contributed by atoms with Crippen LogP contribution in [0.1, 0.15) is 29.5 Å². The molecule has 1 aromatic carbocycles. The topological polar surface area (TPSA) is 38.9 Å². The van der Waals surface area contributed by atoms with Gasteiger partial charge in [0.15, 0.2) is 0 Å². The molecule has 0 amide bonds. The zero-order valence-corrected chi connectivity index (χ0v) is 11.5. The molecule has 1 heterocycles. The molecule has 0 saturated heterocycles. The maximum absolute atomic E-state index is 13.2. The highest BCUT2D eigenvalue weighted by Gasteiger charge is 2.11. The van der Waals surface area contributed by atoms with Crippen LogP contribution in [0.3, 0.4) is 0 Å². The van der Waals surface area contributed by atoms with Gasteiger partial charge in [-0.05, 0) is 37.1 Å². The molecule has 0 aliphatic carbocycles. The lowest BCUT2D eigenvalue weighted by Crippen LogP contribution is -1.97. The summed E-state index contributed by atoms with van der Waals surface area (Å²) in [5.41, 5.74) is 8.44. The number of aryl methyl sites for hydroxylation is 2. The van der Waals surface area contributed by atoms with Gasteiger partial charge in [-0.1, -0.05) is 13.3 Å². The van der Waals surface area contributed by atoms with E-state index in [1.807, 2.05) is 6.07 Å². The molecule has 4 heteroatoms. The quantitative estimate of drug-likeness (QED) is 0.915. The maximum atomic E-state index is 13.2. The van der Waals surface area contributed by atoms with E-state index in [9.17, 15) is 4.39 Å². The molecule has 0 bridgehead atoms. The van der Waals surface area contributed by atoms with E-state index in [1.165, 1.54) is 6.07 Å². The van der Waals surface area contributed by atoms with Crippen LogP contribution >= 0.6 is 11.3 Å². The normalized spacial score (nSPS) is 10.9. The Kier molecular flexibility index (Phi) is 4.09. The van der Waals surface area contributed by atoms with Crippen molar-refractivity contribution in [1.82, 2.24) is 4.98 Å². The fourth-order valence-electron chi connectivity index (χ4n) is 1.88. The van der Waals surface area contributed by atoms with Crippen molar-refractivity contribution in [2.75, 3.05) is 0 Å². The molecule has 2 rings (SSSR count). The van der Waals surface area contributed by atoms with Crippen molar-refractivity contribution in [2.24, 2.45) is 5.73 Å². The summed E-state index contributed by atoms with van der Waals surface area (Å²) in [6.45, 7) is 4.41. The van der Waals surface area contributed by atoms with Gasteiger partial charge >= 0.3 is 0 Å². The van der Waals surface area contributed by atoms with E-state index in [-0.39, 0.29) is 5.82 Å². The molecule has 0 aliphatic rings. The molecular weight excluding hydrogens is 247 g/mol. The second kappa shape index (κ2) is 5.59. The molecule has 0 radical (unpaired) electrons. The van der Waals surface area contributed by atoms with E-state index >= 15 is 0 Å². The van der Waals surface area contributed by atoms with Crippen molar-refractivity contribution >= 4 is 11.3 Å². The number of hydrogen-bond acceptors (Lipinski definition) is 3. The standard InChI is InChI=1S/C14H17FN2S/c1-3-4-12-13(8-16)18-14(17-12)10-5-6-11(15)9(2)7-10/h5-7H,3-4,8,16H2,1-2H3. The third-order valence-corrected chi connectivity index (χ3v) is 4.02. The minimum absolute atomic E-state index is 0.178. The van der Waals surface area contributed by atoms with E-state index in [2.05, 4.69) is 11.9 Å². The molecule has 96 valence electrons. The number of thiazole rings is 1. The predicted octanol–water partition coefficient (Wildman–Crippen LogP) is 3.67. The number of nitrogens with zero attached hydrogens (tertiary/aromatic N) is 1. The van der Waals surface area contributed by atoms with Crippen LogP contribution in [0, 0.1) is 12.7 Å². The number of aromatic nitrogens is 1. The van der Waals surface area contributed by atoms with Crippen molar-refractivity contribution < 1.29 is 4.39 Å². The number of benzene rings is 1. The number of halogens is 1. The molecule has 0 unspecified atom stereocenters. The second-order valence-electron chi connectivity index (χ2n) is 4.31. The Bertz CT molecular complexity index is 549. The van der Waals surface area contributed by atoms with Gasteiger partial charge in [-0.15, -0.1) is 11.3 Å². The van der Waals surface area contributed by atoms with Gasteiger partial charge in [0, 0.05) is 17.0 Å². The first-order valence-electron chi connectivity index (χ1n) is 6.10. The van der Waals surface area contributed by atoms with E-state index in [4.69, 9.17) is 5.73 Å². The van der Waals surface area contributed by atoms with E-state index in [0.717, 1.165) is 34.0 Å². The molecule has 2 nitrogen and oxygen atoms in total. The Balaban J connectivity index is 2.40. The maximum Gasteiger partial charge on any atom is 0.126 e. The molecule has 1 aromatic heterocycles. The summed E-state index contributed by atoms with van der Waals surface area (Å²) >= 11 is 1.61. The van der Waals surface area contributed by atoms with Gasteiger partial charge in [-0.3, -0.25) is 0 Å². The molecule has 0 spiro atoms. The fraction of sp³-hybridized carbons (Fsp3) is 0.357. The molecule has 0 fully saturated rings. The summed E-state index contributed by atoms with van der Waals surface area (Å²) < 4.78 is 13.2. The Labute approximate surface area is 111 Å². The molecule has 18 heavy (non-hydrogen) atoms. The molecule has 0 aliphatic heterocycles. The SMILES string of the molecule is CCCc1nc(-c2ccc(F)c(C)c2)sc1CN. The summed E-state index contributed by atoms with van der Waals surface area (Å²) in [4.78, 5) is 5.76. The first kappa shape index (κ1) is 13.2. The van der Waals surface area contributed by atoms with Gasteiger partial charge in [0.05, 0.1) is 5.69 Å². The minimum atomic E-state index is -0.178. The van der Waals surface area contributed by atoms with Crippen molar-refractivity contribution in [2.45, 2.75) is 33.2 Å². The summed E-state index contributed by atoms with van der Waals surface area (Å²) in [6.07, 6.45) is 2.00. The van der Waals surface area contributed by atoms with Gasteiger partial charge in [0.25, 0.3) is 0 Å². The number of nitrogens with two attached hydrogens (primary N) is 1. The Hall–Kier alpha value is -1.26. The Morgan fingerprint density at radius 3 is 2.78 bits per heavy atom. The highest BCUT2D eigenvalue weighted by molar-refractivity contribution is 7.15. The van der Waals surface area contributed by atoms with Gasteiger partial charge < -0.3 is 5.73 Å². The van der Waals surface area contributed by atoms with Crippen LogP contribution in [0.4, 0.5) is 4.39 Å². The number of rotatable bonds is 4. The van der Waals surface area contributed by atoms with Crippen LogP contribution in [0.5, 0.6) is 0 Å². The van der Waals surface area contributed by atoms with Crippen LogP contribution in [0.15, 0.2) is 18.2 Å². The van der Waals surface area contributed by atoms with Crippen LogP contribution in [-0.2, 0) is 13.0 Å². The molecule has 2 N–H and O–H groups in total. The summed E-state index contributed by atoms with van der Waals surface area (Å²) in [5.74, 6) is -0.178. The van der Waals surface area contributed by atoms with Gasteiger partial charge in [0.2, 0.25) is 0 Å². The predicted molar refractivity (Wildman–Crippen MR) is 74.1 cm³/mol. The van der Waals surface area contributed by atoms with Crippen LogP contribution in [-0.4, -0.2) is 4.98 Å². The summed E-state index contributed by atoms with van der Waals surface area (Å²) in [5, 5.41) is 0.932. The highest BCUT2D eigenvalue weighted by Crippen LogP contribution is 2.29. The van der Waals surface area contributed by atoms with Crippen molar-refractivity contribution in [3.8, 4) is 10.6 Å². The first-order chi connectivity index (χ1) is 8.65. The molecular formula is C14H17FN2S. The second-order valence-corrected chi connectivity index (χ2v) is 5.39. The van der Waals surface area contributed by atoms with Gasteiger partial charge in [0.1, 0.15) is 10.8 Å². The lowest BCUT2D eigenvalue weighted by atomic mass is 10.1. The molecule has 0 atom stereocenters. The van der Waals surface area contributed by atoms with E-state index < -0.39 is 0 Å². The van der Waals surface area contributed by atoms with Crippen LogP contribution < -0.4 is 5.73 Å². The van der Waals surface area contributed by atoms with Crippen molar-refractivity contribution in [3.63, 3.8) is 0 Å². The van der Waals surface area contributed by atoms with Crippen LogP contribution in [0.25, 0.3) is 10.6 Å². The summed E-state index contributed by atoms with van der Waals surface area (Å²) in [6, 6.07) is 5.11. The van der Waals surface area contributed by atoms with Gasteiger partial charge in [-0.2, -0.15) is 0 Å². The largest absolute Gasteiger partial charge is 0.326 e. The fourth-order valence-corrected chi connectivity index (χ4v) is 2.86. The van der Waals surface area contributed by atoms with Gasteiger partial charge in [-0.25, -0.2) is 9.37 Å². The van der Waals surface area contributed by atoms with Crippen LogP contribution in [0.2, 0.25) is 0 Å². The average molecular weight is 264 g/mol. The lowest BCUT2D eigenvalue weighted by Gasteiger charge is -1.99. The number of hydrogen-bond donors (Lipinski definition) is 1.